The van der Waals surface area contributed by atoms with Gasteiger partial charge in [-0.05, 0) is 37.6 Å². The van der Waals surface area contributed by atoms with Gasteiger partial charge in [0.05, 0.1) is 17.3 Å². The highest BCUT2D eigenvalue weighted by molar-refractivity contribution is 6.36. The van der Waals surface area contributed by atoms with E-state index in [0.717, 1.165) is 41.0 Å². The van der Waals surface area contributed by atoms with E-state index in [9.17, 15) is 0 Å². The summed E-state index contributed by atoms with van der Waals surface area (Å²) in [5.74, 6) is 0. The monoisotopic (exact) mass is 360 g/mol. The summed E-state index contributed by atoms with van der Waals surface area (Å²) >= 11 is 12.5. The van der Waals surface area contributed by atoms with Crippen molar-refractivity contribution in [3.63, 3.8) is 0 Å². The van der Waals surface area contributed by atoms with Crippen LogP contribution < -0.4 is 4.90 Å². The third kappa shape index (κ3) is 2.28. The molecule has 2 aromatic heterocycles. The molecule has 0 aliphatic carbocycles. The van der Waals surface area contributed by atoms with Gasteiger partial charge in [0.15, 0.2) is 0 Å². The van der Waals surface area contributed by atoms with Crippen molar-refractivity contribution in [1.29, 1.82) is 0 Å². The van der Waals surface area contributed by atoms with E-state index in [4.69, 9.17) is 33.3 Å². The van der Waals surface area contributed by atoms with E-state index < -0.39 is 0 Å². The Bertz CT molecular complexity index is 948. The molecule has 0 amide bonds. The third-order valence-electron chi connectivity index (χ3n) is 4.77. The van der Waals surface area contributed by atoms with Crippen molar-refractivity contribution < 1.29 is 0 Å². The molecule has 1 atom stereocenters. The Morgan fingerprint density at radius 3 is 2.75 bits per heavy atom. The molecule has 3 aromatic rings. The molecular weight excluding hydrogens is 343 g/mol. The summed E-state index contributed by atoms with van der Waals surface area (Å²) in [6, 6.07) is 8.07. The first-order chi connectivity index (χ1) is 11.5. The number of likely N-dealkylation sites (N-methyl/N-ethyl adjacent to an activating group) is 1. The Morgan fingerprint density at radius 2 is 2.04 bits per heavy atom. The summed E-state index contributed by atoms with van der Waals surface area (Å²) in [5, 5.41) is 6.07. The highest BCUT2D eigenvalue weighted by Crippen LogP contribution is 2.39. The Hall–Kier alpha value is -1.78. The smallest absolute Gasteiger partial charge is 0.120 e. The minimum absolute atomic E-state index is 0.427. The molecule has 0 radical (unpaired) electrons. The first kappa shape index (κ1) is 15.7. The molecule has 3 heterocycles. The number of benzene rings is 1. The van der Waals surface area contributed by atoms with E-state index in [2.05, 4.69) is 29.6 Å². The summed E-state index contributed by atoms with van der Waals surface area (Å²) in [6.45, 7) is 5.08. The minimum Gasteiger partial charge on any atom is -0.368 e. The Labute approximate surface area is 151 Å². The van der Waals surface area contributed by atoms with Crippen molar-refractivity contribution in [2.75, 3.05) is 11.9 Å². The fourth-order valence-corrected chi connectivity index (χ4v) is 3.97. The number of aryl methyl sites for hydroxylation is 1. The molecule has 0 bridgehead atoms. The maximum Gasteiger partial charge on any atom is 0.120 e. The van der Waals surface area contributed by atoms with Crippen molar-refractivity contribution in [3.05, 3.63) is 40.0 Å². The topological polar surface area (TPSA) is 34.0 Å². The lowest BCUT2D eigenvalue weighted by Crippen LogP contribution is -2.38. The molecule has 0 saturated carbocycles. The van der Waals surface area contributed by atoms with E-state index in [1.165, 1.54) is 5.69 Å². The van der Waals surface area contributed by atoms with Gasteiger partial charge < -0.3 is 4.90 Å². The van der Waals surface area contributed by atoms with Crippen LogP contribution in [-0.2, 0) is 6.54 Å². The Balaban J connectivity index is 2.02. The first-order valence-electron chi connectivity index (χ1n) is 8.06. The van der Waals surface area contributed by atoms with Crippen LogP contribution in [0.5, 0.6) is 0 Å². The number of pyridine rings is 1. The fraction of sp³-hybridized carbons (Fsp3) is 0.333. The van der Waals surface area contributed by atoms with Crippen LogP contribution in [0.3, 0.4) is 0 Å². The lowest BCUT2D eigenvalue weighted by Gasteiger charge is -2.34. The summed E-state index contributed by atoms with van der Waals surface area (Å²) in [7, 11) is 2.15. The van der Waals surface area contributed by atoms with Crippen LogP contribution in [-0.4, -0.2) is 27.9 Å². The number of hydrogen-bond donors (Lipinski definition) is 0. The van der Waals surface area contributed by atoms with Crippen molar-refractivity contribution >= 4 is 39.9 Å². The lowest BCUT2D eigenvalue weighted by molar-refractivity contribution is 0.478. The summed E-state index contributed by atoms with van der Waals surface area (Å²) in [6.07, 6.45) is 1.07. The standard InChI is InChI=1S/C18H18Cl2N4/c1-4-12-9-24-18-15(23(12)3)7-10(2)21-17(18)16(22-24)13-6-5-11(19)8-14(13)20/h5-8,12H,4,9H2,1-3H3. The second-order valence-electron chi connectivity index (χ2n) is 6.31. The molecule has 4 rings (SSSR count). The van der Waals surface area contributed by atoms with Crippen LogP contribution in [0.15, 0.2) is 24.3 Å². The van der Waals surface area contributed by atoms with Crippen LogP contribution in [0.2, 0.25) is 10.0 Å². The lowest BCUT2D eigenvalue weighted by atomic mass is 10.1. The van der Waals surface area contributed by atoms with Crippen LogP contribution in [0, 0.1) is 6.92 Å². The van der Waals surface area contributed by atoms with Crippen LogP contribution in [0.1, 0.15) is 19.0 Å². The van der Waals surface area contributed by atoms with E-state index in [-0.39, 0.29) is 0 Å². The zero-order valence-electron chi connectivity index (χ0n) is 13.8. The zero-order chi connectivity index (χ0) is 17.0. The fourth-order valence-electron chi connectivity index (χ4n) is 3.47. The molecule has 1 aliphatic rings. The zero-order valence-corrected chi connectivity index (χ0v) is 15.4. The predicted octanol–water partition coefficient (Wildman–Crippen LogP) is 4.94. The molecule has 24 heavy (non-hydrogen) atoms. The van der Waals surface area contributed by atoms with Crippen LogP contribution >= 0.6 is 23.2 Å². The maximum atomic E-state index is 6.42. The maximum absolute atomic E-state index is 6.42. The first-order valence-corrected chi connectivity index (χ1v) is 8.81. The van der Waals surface area contributed by atoms with E-state index >= 15 is 0 Å². The van der Waals surface area contributed by atoms with Gasteiger partial charge in [0.1, 0.15) is 16.7 Å². The SMILES string of the molecule is CCC1Cn2nc(-c3ccc(Cl)cc3Cl)c3nc(C)cc(c32)N1C. The van der Waals surface area contributed by atoms with Gasteiger partial charge in [-0.15, -0.1) is 0 Å². The summed E-state index contributed by atoms with van der Waals surface area (Å²) in [4.78, 5) is 7.10. The molecule has 1 aliphatic heterocycles. The van der Waals surface area contributed by atoms with Gasteiger partial charge in [0.2, 0.25) is 0 Å². The largest absolute Gasteiger partial charge is 0.368 e. The van der Waals surface area contributed by atoms with Gasteiger partial charge in [0, 0.05) is 29.4 Å². The van der Waals surface area contributed by atoms with E-state index in [1.54, 1.807) is 6.07 Å². The minimum atomic E-state index is 0.427. The Kier molecular flexibility index (Phi) is 3.70. The summed E-state index contributed by atoms with van der Waals surface area (Å²) < 4.78 is 2.07. The normalized spacial score (nSPS) is 16.9. The molecule has 6 heteroatoms. The molecule has 124 valence electrons. The van der Waals surface area contributed by atoms with E-state index in [1.807, 2.05) is 19.1 Å². The van der Waals surface area contributed by atoms with Gasteiger partial charge >= 0.3 is 0 Å². The molecule has 4 nitrogen and oxygen atoms in total. The number of hydrogen-bond acceptors (Lipinski definition) is 3. The summed E-state index contributed by atoms with van der Waals surface area (Å²) in [5.41, 5.74) is 5.82. The number of anilines is 1. The molecule has 0 spiro atoms. The van der Waals surface area contributed by atoms with Crippen LogP contribution in [0.25, 0.3) is 22.3 Å². The molecule has 0 N–H and O–H groups in total. The average Bonchev–Trinajstić information content (AvgIpc) is 2.89. The predicted molar refractivity (Wildman–Crippen MR) is 100 cm³/mol. The quantitative estimate of drug-likeness (QED) is 0.648. The van der Waals surface area contributed by atoms with Crippen molar-refractivity contribution in [3.8, 4) is 11.3 Å². The third-order valence-corrected chi connectivity index (χ3v) is 5.32. The average molecular weight is 361 g/mol. The second kappa shape index (κ2) is 5.64. The van der Waals surface area contributed by atoms with Crippen molar-refractivity contribution in [2.45, 2.75) is 32.9 Å². The second-order valence-corrected chi connectivity index (χ2v) is 7.15. The number of halogens is 2. The molecule has 1 aromatic carbocycles. The van der Waals surface area contributed by atoms with Gasteiger partial charge in [-0.1, -0.05) is 30.1 Å². The highest BCUT2D eigenvalue weighted by Gasteiger charge is 2.28. The number of nitrogens with zero attached hydrogens (tertiary/aromatic N) is 4. The van der Waals surface area contributed by atoms with Gasteiger partial charge in [-0.3, -0.25) is 4.68 Å². The van der Waals surface area contributed by atoms with Gasteiger partial charge in [-0.25, -0.2) is 4.98 Å². The van der Waals surface area contributed by atoms with Gasteiger partial charge in [-0.2, -0.15) is 5.10 Å². The number of aromatic nitrogens is 3. The van der Waals surface area contributed by atoms with Gasteiger partial charge in [0.25, 0.3) is 0 Å². The number of rotatable bonds is 2. The van der Waals surface area contributed by atoms with Crippen molar-refractivity contribution in [1.82, 2.24) is 14.8 Å². The van der Waals surface area contributed by atoms with Crippen molar-refractivity contribution in [2.24, 2.45) is 0 Å². The van der Waals surface area contributed by atoms with Crippen LogP contribution in [0.4, 0.5) is 5.69 Å². The molecule has 1 unspecified atom stereocenters. The molecule has 0 saturated heterocycles. The van der Waals surface area contributed by atoms with E-state index in [0.29, 0.717) is 16.1 Å². The molecule has 0 fully saturated rings. The highest BCUT2D eigenvalue weighted by atomic mass is 35.5. The Morgan fingerprint density at radius 1 is 1.25 bits per heavy atom. The molecular formula is C18H18Cl2N4.